The second kappa shape index (κ2) is 6.49. The lowest BCUT2D eigenvalue weighted by atomic mass is 9.98. The molecule has 0 aromatic heterocycles. The van der Waals surface area contributed by atoms with E-state index < -0.39 is 0 Å². The first-order chi connectivity index (χ1) is 10.1. The summed E-state index contributed by atoms with van der Waals surface area (Å²) >= 11 is 3.48. The fourth-order valence-corrected chi connectivity index (χ4v) is 3.48. The van der Waals surface area contributed by atoms with Crippen LogP contribution in [0, 0.1) is 12.8 Å². The van der Waals surface area contributed by atoms with Crippen molar-refractivity contribution in [3.8, 4) is 0 Å². The lowest BCUT2D eigenvalue weighted by Gasteiger charge is -2.30. The maximum Gasteiger partial charge on any atom is 0.254 e. The summed E-state index contributed by atoms with van der Waals surface area (Å²) in [5.41, 5.74) is 1.91. The predicted molar refractivity (Wildman–Crippen MR) is 88.5 cm³/mol. The van der Waals surface area contributed by atoms with Crippen LogP contribution in [0.15, 0.2) is 22.7 Å². The smallest absolute Gasteiger partial charge is 0.254 e. The Morgan fingerprint density at radius 1 is 1.38 bits per heavy atom. The van der Waals surface area contributed by atoms with Gasteiger partial charge in [0, 0.05) is 22.6 Å². The molecule has 2 aliphatic rings. The van der Waals surface area contributed by atoms with E-state index in [1.807, 2.05) is 25.1 Å². The molecule has 114 valence electrons. The van der Waals surface area contributed by atoms with Crippen molar-refractivity contribution < 1.29 is 4.79 Å². The van der Waals surface area contributed by atoms with Gasteiger partial charge in [0.15, 0.2) is 0 Å². The molecule has 3 nitrogen and oxygen atoms in total. The Kier molecular flexibility index (Phi) is 4.65. The Morgan fingerprint density at radius 2 is 2.19 bits per heavy atom. The van der Waals surface area contributed by atoms with Crippen LogP contribution in [0.4, 0.5) is 0 Å². The molecule has 1 saturated carbocycles. The lowest BCUT2D eigenvalue weighted by Crippen LogP contribution is -2.42. The summed E-state index contributed by atoms with van der Waals surface area (Å²) in [6, 6.07) is 6.45. The van der Waals surface area contributed by atoms with Crippen LogP contribution < -0.4 is 5.32 Å². The summed E-state index contributed by atoms with van der Waals surface area (Å²) in [5.74, 6) is 0.817. The van der Waals surface area contributed by atoms with Gasteiger partial charge >= 0.3 is 0 Å². The molecule has 0 spiro atoms. The number of carbonyl (C=O) groups is 1. The molecule has 1 amide bonds. The van der Waals surface area contributed by atoms with Crippen LogP contribution in [0.2, 0.25) is 0 Å². The minimum atomic E-state index is 0.210. The zero-order valence-electron chi connectivity index (χ0n) is 12.6. The molecule has 1 aliphatic heterocycles. The first kappa shape index (κ1) is 15.0. The van der Waals surface area contributed by atoms with Gasteiger partial charge in [0.05, 0.1) is 0 Å². The number of hydrogen-bond donors (Lipinski definition) is 1. The van der Waals surface area contributed by atoms with Gasteiger partial charge in [0.2, 0.25) is 0 Å². The van der Waals surface area contributed by atoms with E-state index >= 15 is 0 Å². The Morgan fingerprint density at radius 3 is 2.86 bits per heavy atom. The van der Waals surface area contributed by atoms with E-state index in [1.165, 1.54) is 25.7 Å². The molecule has 21 heavy (non-hydrogen) atoms. The number of nitrogens with zero attached hydrogens (tertiary/aromatic N) is 1. The van der Waals surface area contributed by atoms with Crippen LogP contribution in [0.1, 0.15) is 41.6 Å². The van der Waals surface area contributed by atoms with E-state index in [0.29, 0.717) is 12.0 Å². The predicted octanol–water partition coefficient (Wildman–Crippen LogP) is 3.36. The van der Waals surface area contributed by atoms with Crippen molar-refractivity contribution in [3.05, 3.63) is 33.8 Å². The molecule has 1 atom stereocenters. The summed E-state index contributed by atoms with van der Waals surface area (Å²) in [5, 5.41) is 3.45. The second-order valence-corrected chi connectivity index (χ2v) is 7.28. The van der Waals surface area contributed by atoms with Crippen LogP contribution in [0.5, 0.6) is 0 Å². The standard InChI is InChI=1S/C17H23BrN2O/c1-12-4-5-14(18)9-16(12)17(21)20(15-6-7-15)11-13-3-2-8-19-10-13/h4-5,9,13,15,19H,2-3,6-8,10-11H2,1H3. The number of hydrogen-bond acceptors (Lipinski definition) is 2. The maximum atomic E-state index is 13.0. The van der Waals surface area contributed by atoms with E-state index in [9.17, 15) is 4.79 Å². The van der Waals surface area contributed by atoms with Gasteiger partial charge in [-0.05, 0) is 69.3 Å². The number of aryl methyl sites for hydroxylation is 1. The summed E-state index contributed by atoms with van der Waals surface area (Å²) in [4.78, 5) is 15.1. The monoisotopic (exact) mass is 350 g/mol. The van der Waals surface area contributed by atoms with Gasteiger partial charge < -0.3 is 10.2 Å². The Hall–Kier alpha value is -0.870. The van der Waals surface area contributed by atoms with E-state index in [1.54, 1.807) is 0 Å². The zero-order valence-corrected chi connectivity index (χ0v) is 14.2. The number of piperidine rings is 1. The van der Waals surface area contributed by atoms with Crippen molar-refractivity contribution >= 4 is 21.8 Å². The SMILES string of the molecule is Cc1ccc(Br)cc1C(=O)N(CC1CCCNC1)C1CC1. The molecule has 3 rings (SSSR count). The molecule has 0 bridgehead atoms. The largest absolute Gasteiger partial charge is 0.335 e. The second-order valence-electron chi connectivity index (χ2n) is 6.36. The molecular weight excluding hydrogens is 328 g/mol. The first-order valence-electron chi connectivity index (χ1n) is 7.93. The van der Waals surface area contributed by atoms with Crippen LogP contribution in [0.3, 0.4) is 0 Å². The Labute approximate surface area is 135 Å². The fourth-order valence-electron chi connectivity index (χ4n) is 3.12. The minimum Gasteiger partial charge on any atom is -0.335 e. The molecule has 4 heteroatoms. The van der Waals surface area contributed by atoms with Crippen molar-refractivity contribution in [3.63, 3.8) is 0 Å². The highest BCUT2D eigenvalue weighted by Gasteiger charge is 2.35. The van der Waals surface area contributed by atoms with E-state index in [4.69, 9.17) is 0 Å². The summed E-state index contributed by atoms with van der Waals surface area (Å²) < 4.78 is 0.978. The number of benzene rings is 1. The molecule has 0 radical (unpaired) electrons. The summed E-state index contributed by atoms with van der Waals surface area (Å²) in [6.45, 7) is 5.10. The quantitative estimate of drug-likeness (QED) is 0.902. The highest BCUT2D eigenvalue weighted by Crippen LogP contribution is 2.31. The van der Waals surface area contributed by atoms with Crippen LogP contribution in [-0.2, 0) is 0 Å². The summed E-state index contributed by atoms with van der Waals surface area (Å²) in [7, 11) is 0. The molecule has 1 saturated heterocycles. The number of rotatable bonds is 4. The number of carbonyl (C=O) groups excluding carboxylic acids is 1. The van der Waals surface area contributed by atoms with Gasteiger partial charge in [0.25, 0.3) is 5.91 Å². The highest BCUT2D eigenvalue weighted by molar-refractivity contribution is 9.10. The third kappa shape index (κ3) is 3.67. The van der Waals surface area contributed by atoms with Gasteiger partial charge in [-0.15, -0.1) is 0 Å². The number of amides is 1. The van der Waals surface area contributed by atoms with Crippen molar-refractivity contribution in [2.75, 3.05) is 19.6 Å². The zero-order chi connectivity index (χ0) is 14.8. The lowest BCUT2D eigenvalue weighted by molar-refractivity contribution is 0.0703. The average Bonchev–Trinajstić information content (AvgIpc) is 3.32. The molecule has 1 unspecified atom stereocenters. The van der Waals surface area contributed by atoms with Crippen LogP contribution in [-0.4, -0.2) is 36.5 Å². The normalized spacial score (nSPS) is 22.1. The van der Waals surface area contributed by atoms with Crippen molar-refractivity contribution in [1.82, 2.24) is 10.2 Å². The Bertz CT molecular complexity index is 522. The topological polar surface area (TPSA) is 32.3 Å². The maximum absolute atomic E-state index is 13.0. The third-order valence-electron chi connectivity index (χ3n) is 4.53. The molecule has 1 aliphatic carbocycles. The van der Waals surface area contributed by atoms with Crippen LogP contribution >= 0.6 is 15.9 Å². The highest BCUT2D eigenvalue weighted by atomic mass is 79.9. The fraction of sp³-hybridized carbons (Fsp3) is 0.588. The molecule has 1 aromatic carbocycles. The average molecular weight is 351 g/mol. The first-order valence-corrected chi connectivity index (χ1v) is 8.72. The molecular formula is C17H23BrN2O. The van der Waals surface area contributed by atoms with Gasteiger partial charge in [0.1, 0.15) is 0 Å². The Balaban J connectivity index is 1.76. The third-order valence-corrected chi connectivity index (χ3v) is 5.03. The molecule has 1 aromatic rings. The molecule has 1 N–H and O–H groups in total. The van der Waals surface area contributed by atoms with E-state index in [-0.39, 0.29) is 5.91 Å². The minimum absolute atomic E-state index is 0.210. The van der Waals surface area contributed by atoms with Crippen molar-refractivity contribution in [2.45, 2.75) is 38.6 Å². The van der Waals surface area contributed by atoms with Gasteiger partial charge in [-0.3, -0.25) is 4.79 Å². The van der Waals surface area contributed by atoms with Gasteiger partial charge in [-0.2, -0.15) is 0 Å². The van der Waals surface area contributed by atoms with Gasteiger partial charge in [-0.25, -0.2) is 0 Å². The van der Waals surface area contributed by atoms with Crippen molar-refractivity contribution in [2.24, 2.45) is 5.92 Å². The van der Waals surface area contributed by atoms with Gasteiger partial charge in [-0.1, -0.05) is 22.0 Å². The van der Waals surface area contributed by atoms with E-state index in [0.717, 1.165) is 35.2 Å². The number of halogens is 1. The van der Waals surface area contributed by atoms with Crippen molar-refractivity contribution in [1.29, 1.82) is 0 Å². The van der Waals surface area contributed by atoms with E-state index in [2.05, 4.69) is 26.1 Å². The number of nitrogens with one attached hydrogen (secondary N) is 1. The summed E-state index contributed by atoms with van der Waals surface area (Å²) in [6.07, 6.45) is 4.80. The van der Waals surface area contributed by atoms with Crippen LogP contribution in [0.25, 0.3) is 0 Å². The molecule has 1 heterocycles. The molecule has 2 fully saturated rings.